The van der Waals surface area contributed by atoms with Crippen LogP contribution in [0.2, 0.25) is 0 Å². The van der Waals surface area contributed by atoms with Gasteiger partial charge in [-0.2, -0.15) is 0 Å². The van der Waals surface area contributed by atoms with E-state index in [1.165, 1.54) is 12.8 Å². The van der Waals surface area contributed by atoms with Gasteiger partial charge in [-0.05, 0) is 19.9 Å². The van der Waals surface area contributed by atoms with Crippen molar-refractivity contribution in [2.24, 2.45) is 0 Å². The topological polar surface area (TPSA) is 23.5 Å². The summed E-state index contributed by atoms with van der Waals surface area (Å²) in [5, 5.41) is 8.89. The monoisotopic (exact) mass is 147 g/mol. The average molecular weight is 147 g/mol. The standard InChI is InChI=1S/C7H14FNO/c1-9(6-2-3-6)5-7(10)4-8/h6-7,10H,2-5H2,1H3. The Labute approximate surface area is 60.6 Å². The van der Waals surface area contributed by atoms with E-state index in [-0.39, 0.29) is 0 Å². The summed E-state index contributed by atoms with van der Waals surface area (Å²) in [7, 11) is 1.93. The van der Waals surface area contributed by atoms with Crippen LogP contribution >= 0.6 is 0 Å². The van der Waals surface area contributed by atoms with Crippen molar-refractivity contribution in [2.45, 2.75) is 25.0 Å². The van der Waals surface area contributed by atoms with Crippen LogP contribution in [-0.2, 0) is 0 Å². The molecule has 1 aliphatic rings. The summed E-state index contributed by atoms with van der Waals surface area (Å²) in [6.45, 7) is -0.155. The molecule has 0 aromatic rings. The normalized spacial score (nSPS) is 21.6. The minimum atomic E-state index is -0.786. The highest BCUT2D eigenvalue weighted by molar-refractivity contribution is 4.83. The minimum Gasteiger partial charge on any atom is -0.389 e. The number of hydrogen-bond acceptors (Lipinski definition) is 2. The molecule has 0 saturated heterocycles. The first-order valence-electron chi connectivity index (χ1n) is 3.68. The molecule has 0 aromatic heterocycles. The van der Waals surface area contributed by atoms with Gasteiger partial charge < -0.3 is 10.0 Å². The molecule has 60 valence electrons. The molecule has 1 N–H and O–H groups in total. The number of rotatable bonds is 4. The third-order valence-electron chi connectivity index (χ3n) is 1.85. The Balaban J connectivity index is 2.10. The molecule has 1 rings (SSSR count). The van der Waals surface area contributed by atoms with Crippen LogP contribution < -0.4 is 0 Å². The Kier molecular flexibility index (Phi) is 2.63. The molecule has 3 heteroatoms. The highest BCUT2D eigenvalue weighted by Crippen LogP contribution is 2.25. The van der Waals surface area contributed by atoms with E-state index in [4.69, 9.17) is 5.11 Å². The van der Waals surface area contributed by atoms with Crippen molar-refractivity contribution in [3.05, 3.63) is 0 Å². The first-order chi connectivity index (χ1) is 4.74. The Morgan fingerprint density at radius 1 is 1.70 bits per heavy atom. The van der Waals surface area contributed by atoms with Gasteiger partial charge >= 0.3 is 0 Å². The molecule has 0 aliphatic heterocycles. The van der Waals surface area contributed by atoms with E-state index in [2.05, 4.69) is 0 Å². The summed E-state index contributed by atoms with van der Waals surface area (Å²) >= 11 is 0. The lowest BCUT2D eigenvalue weighted by Gasteiger charge is -2.17. The van der Waals surface area contributed by atoms with Gasteiger partial charge in [-0.25, -0.2) is 4.39 Å². The SMILES string of the molecule is CN(CC(O)CF)C1CC1. The average Bonchev–Trinajstić information content (AvgIpc) is 2.68. The molecule has 0 radical (unpaired) electrons. The van der Waals surface area contributed by atoms with E-state index in [1.807, 2.05) is 11.9 Å². The lowest BCUT2D eigenvalue weighted by molar-refractivity contribution is 0.0974. The highest BCUT2D eigenvalue weighted by Gasteiger charge is 2.26. The van der Waals surface area contributed by atoms with Crippen LogP contribution in [0, 0.1) is 0 Å². The maximum absolute atomic E-state index is 11.8. The molecule has 0 heterocycles. The first-order valence-corrected chi connectivity index (χ1v) is 3.68. The number of likely N-dealkylation sites (N-methyl/N-ethyl adjacent to an activating group) is 1. The Bertz CT molecular complexity index is 106. The molecule has 0 spiro atoms. The lowest BCUT2D eigenvalue weighted by Crippen LogP contribution is -2.31. The minimum absolute atomic E-state index is 0.473. The van der Waals surface area contributed by atoms with Crippen molar-refractivity contribution >= 4 is 0 Å². The van der Waals surface area contributed by atoms with Crippen LogP contribution in [0.25, 0.3) is 0 Å². The van der Waals surface area contributed by atoms with Crippen LogP contribution in [0.3, 0.4) is 0 Å². The van der Waals surface area contributed by atoms with Gasteiger partial charge in [0.2, 0.25) is 0 Å². The van der Waals surface area contributed by atoms with Crippen LogP contribution in [0.4, 0.5) is 4.39 Å². The maximum atomic E-state index is 11.8. The van der Waals surface area contributed by atoms with E-state index in [0.717, 1.165) is 0 Å². The second-order valence-corrected chi connectivity index (χ2v) is 2.98. The molecule has 1 fully saturated rings. The number of aliphatic hydroxyl groups excluding tert-OH is 1. The van der Waals surface area contributed by atoms with Gasteiger partial charge in [0.05, 0.1) is 6.10 Å². The number of alkyl halides is 1. The maximum Gasteiger partial charge on any atom is 0.117 e. The van der Waals surface area contributed by atoms with E-state index in [0.29, 0.717) is 12.6 Å². The summed E-state index contributed by atoms with van der Waals surface area (Å²) in [5.41, 5.74) is 0. The zero-order valence-corrected chi connectivity index (χ0v) is 6.26. The summed E-state index contributed by atoms with van der Waals surface area (Å²) < 4.78 is 11.8. The summed E-state index contributed by atoms with van der Waals surface area (Å²) in [5.74, 6) is 0. The van der Waals surface area contributed by atoms with E-state index >= 15 is 0 Å². The third kappa shape index (κ3) is 2.23. The molecule has 10 heavy (non-hydrogen) atoms. The van der Waals surface area contributed by atoms with Crippen LogP contribution in [0.5, 0.6) is 0 Å². The smallest absolute Gasteiger partial charge is 0.117 e. The van der Waals surface area contributed by atoms with Gasteiger partial charge in [-0.1, -0.05) is 0 Å². The van der Waals surface area contributed by atoms with E-state index in [9.17, 15) is 4.39 Å². The van der Waals surface area contributed by atoms with Gasteiger partial charge in [0, 0.05) is 12.6 Å². The van der Waals surface area contributed by atoms with Gasteiger partial charge in [0.15, 0.2) is 0 Å². The number of hydrogen-bond donors (Lipinski definition) is 1. The van der Waals surface area contributed by atoms with Crippen molar-refractivity contribution in [2.75, 3.05) is 20.3 Å². The van der Waals surface area contributed by atoms with Gasteiger partial charge in [0.1, 0.15) is 6.67 Å². The molecule has 1 unspecified atom stereocenters. The fourth-order valence-corrected chi connectivity index (χ4v) is 1.05. The van der Waals surface area contributed by atoms with Crippen LogP contribution in [-0.4, -0.2) is 42.4 Å². The Morgan fingerprint density at radius 3 is 2.70 bits per heavy atom. The van der Waals surface area contributed by atoms with Crippen molar-refractivity contribution in [1.29, 1.82) is 0 Å². The van der Waals surface area contributed by atoms with E-state index in [1.54, 1.807) is 0 Å². The molecule has 0 amide bonds. The van der Waals surface area contributed by atoms with Gasteiger partial charge in [0.25, 0.3) is 0 Å². The highest BCUT2D eigenvalue weighted by atomic mass is 19.1. The zero-order valence-electron chi connectivity index (χ0n) is 6.26. The fraction of sp³-hybridized carbons (Fsp3) is 1.00. The van der Waals surface area contributed by atoms with Crippen molar-refractivity contribution in [3.8, 4) is 0 Å². The second-order valence-electron chi connectivity index (χ2n) is 2.98. The second kappa shape index (κ2) is 3.30. The lowest BCUT2D eigenvalue weighted by atomic mass is 10.3. The number of aliphatic hydroxyl groups is 1. The Morgan fingerprint density at radius 2 is 2.30 bits per heavy atom. The largest absolute Gasteiger partial charge is 0.389 e. The first kappa shape index (κ1) is 7.95. The molecular weight excluding hydrogens is 133 g/mol. The summed E-state index contributed by atoms with van der Waals surface area (Å²) in [6.07, 6.45) is 1.62. The quantitative estimate of drug-likeness (QED) is 0.622. The fourth-order valence-electron chi connectivity index (χ4n) is 1.05. The Hall–Kier alpha value is -0.150. The van der Waals surface area contributed by atoms with Gasteiger partial charge in [-0.15, -0.1) is 0 Å². The van der Waals surface area contributed by atoms with Crippen molar-refractivity contribution < 1.29 is 9.50 Å². The summed E-state index contributed by atoms with van der Waals surface area (Å²) in [6, 6.07) is 0.612. The van der Waals surface area contributed by atoms with Crippen LogP contribution in [0.1, 0.15) is 12.8 Å². The molecule has 0 aromatic carbocycles. The summed E-state index contributed by atoms with van der Waals surface area (Å²) in [4.78, 5) is 2.02. The van der Waals surface area contributed by atoms with E-state index < -0.39 is 12.8 Å². The molecule has 0 bridgehead atoms. The third-order valence-corrected chi connectivity index (χ3v) is 1.85. The number of nitrogens with zero attached hydrogens (tertiary/aromatic N) is 1. The predicted octanol–water partition coefficient (Wildman–Crippen LogP) is 0.411. The predicted molar refractivity (Wildman–Crippen MR) is 37.6 cm³/mol. The zero-order chi connectivity index (χ0) is 7.56. The molecule has 1 saturated carbocycles. The molecule has 1 atom stereocenters. The number of halogens is 1. The van der Waals surface area contributed by atoms with Crippen molar-refractivity contribution in [3.63, 3.8) is 0 Å². The molecule has 2 nitrogen and oxygen atoms in total. The molecule has 1 aliphatic carbocycles. The van der Waals surface area contributed by atoms with Crippen molar-refractivity contribution in [1.82, 2.24) is 4.90 Å². The van der Waals surface area contributed by atoms with Gasteiger partial charge in [-0.3, -0.25) is 0 Å². The molecular formula is C7H14FNO. The van der Waals surface area contributed by atoms with Crippen LogP contribution in [0.15, 0.2) is 0 Å².